The van der Waals surface area contributed by atoms with Crippen LogP contribution in [0.4, 0.5) is 0 Å². The molecular weight excluding hydrogens is 394 g/mol. The fourth-order valence-corrected chi connectivity index (χ4v) is 4.68. The number of halogens is 1. The van der Waals surface area contributed by atoms with Crippen LogP contribution in [0.1, 0.15) is 23.5 Å². The molecule has 0 spiro atoms. The van der Waals surface area contributed by atoms with E-state index in [1.165, 1.54) is 5.56 Å². The molecule has 0 radical (unpaired) electrons. The van der Waals surface area contributed by atoms with E-state index in [1.807, 2.05) is 36.4 Å². The largest absolute Gasteiger partial charge is 0.481 e. The van der Waals surface area contributed by atoms with Crippen LogP contribution in [-0.2, 0) is 15.1 Å². The van der Waals surface area contributed by atoms with E-state index in [2.05, 4.69) is 39.0 Å². The Balaban J connectivity index is 1.66. The molecule has 4 rings (SSSR count). The van der Waals surface area contributed by atoms with Crippen molar-refractivity contribution in [2.45, 2.75) is 17.9 Å². The van der Waals surface area contributed by atoms with Crippen LogP contribution in [0.25, 0.3) is 0 Å². The highest BCUT2D eigenvalue weighted by atomic mass is 79.9. The zero-order valence-electron chi connectivity index (χ0n) is 14.5. The maximum absolute atomic E-state index is 11.8. The molecule has 0 saturated carbocycles. The summed E-state index contributed by atoms with van der Waals surface area (Å²) >= 11 is 3.57. The fraction of sp³-hybridized carbons (Fsp3) is 0.381. The van der Waals surface area contributed by atoms with Gasteiger partial charge in [-0.2, -0.15) is 0 Å². The lowest BCUT2D eigenvalue weighted by molar-refractivity contribution is -0.164. The number of hydrogen-bond donors (Lipinski definition) is 1. The van der Waals surface area contributed by atoms with Crippen molar-refractivity contribution >= 4 is 21.9 Å². The van der Waals surface area contributed by atoms with E-state index in [0.29, 0.717) is 19.6 Å². The van der Waals surface area contributed by atoms with Crippen LogP contribution in [-0.4, -0.2) is 42.3 Å². The summed E-state index contributed by atoms with van der Waals surface area (Å²) in [5, 5.41) is 9.73. The standard InChI is InChI=1S/C21H22BrNO3/c22-17-8-4-7-16(11-17)21(13-26-14-21)23-10-9-18(20(24)25)19(12-23)15-5-2-1-3-6-15/h1-8,11,18-19H,9-10,12-14H2,(H,24,25)/t18-,19+/m1/s1. The molecule has 2 aromatic rings. The topological polar surface area (TPSA) is 49.8 Å². The predicted octanol–water partition coefficient (Wildman–Crippen LogP) is 3.86. The number of aliphatic carboxylic acids is 1. The lowest BCUT2D eigenvalue weighted by Crippen LogP contribution is -2.62. The number of hydrogen-bond acceptors (Lipinski definition) is 3. The van der Waals surface area contributed by atoms with Crippen molar-refractivity contribution in [3.8, 4) is 0 Å². The first-order valence-corrected chi connectivity index (χ1v) is 9.76. The summed E-state index contributed by atoms with van der Waals surface area (Å²) in [7, 11) is 0. The summed E-state index contributed by atoms with van der Waals surface area (Å²) in [6.07, 6.45) is 0.657. The van der Waals surface area contributed by atoms with Gasteiger partial charge in [-0.3, -0.25) is 9.69 Å². The average molecular weight is 416 g/mol. The number of carbonyl (C=O) groups is 1. The van der Waals surface area contributed by atoms with Crippen molar-refractivity contribution in [1.82, 2.24) is 4.90 Å². The highest BCUT2D eigenvalue weighted by Gasteiger charge is 2.49. The normalized spacial score (nSPS) is 25.4. The molecule has 136 valence electrons. The Labute approximate surface area is 161 Å². The number of ether oxygens (including phenoxy) is 1. The lowest BCUT2D eigenvalue weighted by atomic mass is 9.77. The predicted molar refractivity (Wildman–Crippen MR) is 103 cm³/mol. The van der Waals surface area contributed by atoms with Crippen LogP contribution >= 0.6 is 15.9 Å². The van der Waals surface area contributed by atoms with Gasteiger partial charge in [-0.1, -0.05) is 58.4 Å². The highest BCUT2D eigenvalue weighted by molar-refractivity contribution is 9.10. The second kappa shape index (κ2) is 7.14. The third-order valence-corrected chi connectivity index (χ3v) is 6.30. The molecule has 0 amide bonds. The molecule has 4 nitrogen and oxygen atoms in total. The first-order valence-electron chi connectivity index (χ1n) is 8.97. The first-order chi connectivity index (χ1) is 12.6. The van der Waals surface area contributed by atoms with E-state index in [4.69, 9.17) is 4.74 Å². The van der Waals surface area contributed by atoms with E-state index >= 15 is 0 Å². The number of carboxylic acids is 1. The van der Waals surface area contributed by atoms with Gasteiger partial charge in [0.1, 0.15) is 0 Å². The molecule has 2 aliphatic rings. The number of rotatable bonds is 4. The van der Waals surface area contributed by atoms with Gasteiger partial charge in [-0.05, 0) is 29.7 Å². The second-order valence-electron chi connectivity index (χ2n) is 7.23. The Morgan fingerprint density at radius 3 is 2.54 bits per heavy atom. The minimum atomic E-state index is -0.695. The Morgan fingerprint density at radius 2 is 1.92 bits per heavy atom. The van der Waals surface area contributed by atoms with Crippen LogP contribution < -0.4 is 0 Å². The van der Waals surface area contributed by atoms with Gasteiger partial charge >= 0.3 is 5.97 Å². The second-order valence-corrected chi connectivity index (χ2v) is 8.15. The van der Waals surface area contributed by atoms with Crippen LogP contribution in [0.15, 0.2) is 59.1 Å². The van der Waals surface area contributed by atoms with Gasteiger partial charge in [0, 0.05) is 23.5 Å². The van der Waals surface area contributed by atoms with Crippen molar-refractivity contribution < 1.29 is 14.6 Å². The van der Waals surface area contributed by atoms with Crippen LogP contribution in [0.2, 0.25) is 0 Å². The fourth-order valence-electron chi connectivity index (χ4n) is 4.28. The Kier molecular flexibility index (Phi) is 4.86. The van der Waals surface area contributed by atoms with Gasteiger partial charge in [-0.15, -0.1) is 0 Å². The first kappa shape index (κ1) is 17.7. The van der Waals surface area contributed by atoms with Crippen molar-refractivity contribution in [2.75, 3.05) is 26.3 Å². The molecular formula is C21H22BrNO3. The summed E-state index contributed by atoms with van der Waals surface area (Å²) in [5.41, 5.74) is 2.19. The minimum Gasteiger partial charge on any atom is -0.481 e. The maximum Gasteiger partial charge on any atom is 0.307 e. The van der Waals surface area contributed by atoms with Gasteiger partial charge in [0.2, 0.25) is 0 Å². The summed E-state index contributed by atoms with van der Waals surface area (Å²) in [6, 6.07) is 18.4. The van der Waals surface area contributed by atoms with Crippen molar-refractivity contribution in [3.63, 3.8) is 0 Å². The number of nitrogens with zero attached hydrogens (tertiary/aromatic N) is 1. The van der Waals surface area contributed by atoms with Crippen LogP contribution in [0.5, 0.6) is 0 Å². The minimum absolute atomic E-state index is 0.00734. The van der Waals surface area contributed by atoms with Gasteiger partial charge in [0.15, 0.2) is 0 Å². The van der Waals surface area contributed by atoms with Crippen LogP contribution in [0, 0.1) is 5.92 Å². The third kappa shape index (κ3) is 3.08. The zero-order valence-corrected chi connectivity index (χ0v) is 16.1. The van der Waals surface area contributed by atoms with E-state index in [1.54, 1.807) is 0 Å². The Morgan fingerprint density at radius 1 is 1.15 bits per heavy atom. The average Bonchev–Trinajstić information content (AvgIpc) is 2.61. The summed E-state index contributed by atoms with van der Waals surface area (Å²) < 4.78 is 6.68. The van der Waals surface area contributed by atoms with Crippen molar-refractivity contribution in [2.24, 2.45) is 5.92 Å². The molecule has 0 aromatic heterocycles. The van der Waals surface area contributed by atoms with E-state index in [-0.39, 0.29) is 17.4 Å². The smallest absolute Gasteiger partial charge is 0.307 e. The summed E-state index contributed by atoms with van der Waals surface area (Å²) in [6.45, 7) is 2.82. The van der Waals surface area contributed by atoms with E-state index < -0.39 is 5.97 Å². The number of likely N-dealkylation sites (tertiary alicyclic amines) is 1. The molecule has 2 atom stereocenters. The SMILES string of the molecule is O=C(O)[C@@H]1CCN(C2(c3cccc(Br)c3)COC2)C[C@H]1c1ccccc1. The molecule has 26 heavy (non-hydrogen) atoms. The molecule has 2 saturated heterocycles. The molecule has 1 N–H and O–H groups in total. The van der Waals surface area contributed by atoms with Gasteiger partial charge in [0.25, 0.3) is 0 Å². The number of piperidine rings is 1. The van der Waals surface area contributed by atoms with Gasteiger partial charge in [0.05, 0.1) is 24.7 Å². The third-order valence-electron chi connectivity index (χ3n) is 5.81. The molecule has 0 aliphatic carbocycles. The Hall–Kier alpha value is -1.69. The maximum atomic E-state index is 11.8. The Bertz CT molecular complexity index is 791. The summed E-state index contributed by atoms with van der Waals surface area (Å²) in [5.74, 6) is -1.04. The number of benzene rings is 2. The highest BCUT2D eigenvalue weighted by Crippen LogP contribution is 2.43. The molecule has 2 aliphatic heterocycles. The van der Waals surface area contributed by atoms with Gasteiger partial charge < -0.3 is 9.84 Å². The molecule has 0 unspecified atom stereocenters. The summed E-state index contributed by atoms with van der Waals surface area (Å²) in [4.78, 5) is 14.3. The molecule has 0 bridgehead atoms. The zero-order chi connectivity index (χ0) is 18.1. The van der Waals surface area contributed by atoms with Crippen molar-refractivity contribution in [1.29, 1.82) is 0 Å². The number of carboxylic acid groups (broad SMARTS) is 1. The molecule has 2 fully saturated rings. The lowest BCUT2D eigenvalue weighted by Gasteiger charge is -2.53. The van der Waals surface area contributed by atoms with Crippen LogP contribution in [0.3, 0.4) is 0 Å². The van der Waals surface area contributed by atoms with Gasteiger partial charge in [-0.25, -0.2) is 0 Å². The molecule has 2 heterocycles. The van der Waals surface area contributed by atoms with E-state index in [0.717, 1.165) is 23.1 Å². The molecule has 5 heteroatoms. The quantitative estimate of drug-likeness (QED) is 0.823. The molecule has 2 aromatic carbocycles. The monoisotopic (exact) mass is 415 g/mol. The van der Waals surface area contributed by atoms with E-state index in [9.17, 15) is 9.90 Å². The van der Waals surface area contributed by atoms with Crippen molar-refractivity contribution in [3.05, 3.63) is 70.2 Å².